The van der Waals surface area contributed by atoms with Crippen molar-refractivity contribution in [2.24, 2.45) is 5.92 Å². The fourth-order valence-electron chi connectivity index (χ4n) is 1.80. The average molecular weight is 330 g/mol. The molecule has 1 aromatic heterocycles. The monoisotopic (exact) mass is 329 g/mol. The van der Waals surface area contributed by atoms with Gasteiger partial charge in [0.2, 0.25) is 0 Å². The summed E-state index contributed by atoms with van der Waals surface area (Å²) in [4.78, 5) is 12.1. The summed E-state index contributed by atoms with van der Waals surface area (Å²) in [5.74, 6) is 0.641. The Morgan fingerprint density at radius 3 is 3.05 bits per heavy atom. The molecule has 1 aliphatic carbocycles. The molecular weight excluding hydrogens is 310 g/mol. The van der Waals surface area contributed by atoms with Crippen molar-refractivity contribution < 1.29 is 4.74 Å². The number of anilines is 1. The summed E-state index contributed by atoms with van der Waals surface area (Å²) in [5, 5.41) is 7.42. The zero-order chi connectivity index (χ0) is 13.7. The van der Waals surface area contributed by atoms with Gasteiger partial charge in [-0.15, -0.1) is 0 Å². The van der Waals surface area contributed by atoms with Gasteiger partial charge < -0.3 is 10.1 Å². The standard InChI is InChI=1S/C13H20BrN3O2/c1-2-19-7-3-6-15-11-8-16-17(9-10-4-5-10)13(18)12(11)14/h8,10,15H,2-7,9H2,1H3. The molecular formula is C13H20BrN3O2. The number of nitrogens with one attached hydrogen (secondary N) is 1. The summed E-state index contributed by atoms with van der Waals surface area (Å²) in [6.45, 7) is 4.96. The van der Waals surface area contributed by atoms with Crippen molar-refractivity contribution in [3.05, 3.63) is 21.0 Å². The molecule has 0 bridgehead atoms. The molecule has 0 radical (unpaired) electrons. The molecule has 5 nitrogen and oxygen atoms in total. The lowest BCUT2D eigenvalue weighted by Crippen LogP contribution is -2.25. The Labute approximate surface area is 121 Å². The number of hydrogen-bond donors (Lipinski definition) is 1. The third-order valence-electron chi connectivity index (χ3n) is 3.10. The maximum atomic E-state index is 12.1. The normalized spacial score (nSPS) is 14.6. The average Bonchev–Trinajstić information content (AvgIpc) is 3.21. The Kier molecular flexibility index (Phi) is 5.39. The fourth-order valence-corrected chi connectivity index (χ4v) is 2.25. The molecule has 0 amide bonds. The second-order valence-electron chi connectivity index (χ2n) is 4.78. The van der Waals surface area contributed by atoms with Crippen LogP contribution in [0.1, 0.15) is 26.2 Å². The molecule has 0 unspecified atom stereocenters. The summed E-state index contributed by atoms with van der Waals surface area (Å²) >= 11 is 3.36. The van der Waals surface area contributed by atoms with Crippen LogP contribution in [0.25, 0.3) is 0 Å². The van der Waals surface area contributed by atoms with Gasteiger partial charge in [0.05, 0.1) is 11.9 Å². The summed E-state index contributed by atoms with van der Waals surface area (Å²) in [6, 6.07) is 0. The van der Waals surface area contributed by atoms with Crippen molar-refractivity contribution in [2.45, 2.75) is 32.7 Å². The first-order valence-corrected chi connectivity index (χ1v) is 7.59. The number of halogens is 1. The van der Waals surface area contributed by atoms with Gasteiger partial charge >= 0.3 is 0 Å². The minimum atomic E-state index is -0.0540. The molecule has 0 atom stereocenters. The van der Waals surface area contributed by atoms with Gasteiger partial charge in [-0.3, -0.25) is 4.79 Å². The molecule has 0 aromatic carbocycles. The number of aromatic nitrogens is 2. The van der Waals surface area contributed by atoms with E-state index in [1.165, 1.54) is 12.8 Å². The van der Waals surface area contributed by atoms with Crippen molar-refractivity contribution >= 4 is 21.6 Å². The van der Waals surface area contributed by atoms with E-state index in [-0.39, 0.29) is 5.56 Å². The molecule has 1 saturated carbocycles. The summed E-state index contributed by atoms with van der Waals surface area (Å²) in [7, 11) is 0. The predicted molar refractivity (Wildman–Crippen MR) is 78.5 cm³/mol. The third kappa shape index (κ3) is 4.31. The highest BCUT2D eigenvalue weighted by Gasteiger charge is 2.23. The molecule has 1 fully saturated rings. The zero-order valence-electron chi connectivity index (χ0n) is 11.2. The summed E-state index contributed by atoms with van der Waals surface area (Å²) in [5.41, 5.74) is 0.704. The zero-order valence-corrected chi connectivity index (χ0v) is 12.8. The van der Waals surface area contributed by atoms with Crippen LogP contribution in [0.2, 0.25) is 0 Å². The first kappa shape index (κ1) is 14.5. The lowest BCUT2D eigenvalue weighted by molar-refractivity contribution is 0.147. The van der Waals surface area contributed by atoms with Gasteiger partial charge in [0.15, 0.2) is 0 Å². The second kappa shape index (κ2) is 7.05. The Morgan fingerprint density at radius 2 is 2.37 bits per heavy atom. The van der Waals surface area contributed by atoms with Gasteiger partial charge in [0, 0.05) is 26.3 Å². The molecule has 0 aliphatic heterocycles. The number of ether oxygens (including phenoxy) is 1. The molecule has 6 heteroatoms. The van der Waals surface area contributed by atoms with Crippen molar-refractivity contribution in [1.29, 1.82) is 0 Å². The topological polar surface area (TPSA) is 56.1 Å². The summed E-state index contributed by atoms with van der Waals surface area (Å²) < 4.78 is 7.38. The number of hydrogen-bond acceptors (Lipinski definition) is 4. The van der Waals surface area contributed by atoms with Gasteiger partial charge in [-0.2, -0.15) is 5.10 Å². The van der Waals surface area contributed by atoms with E-state index >= 15 is 0 Å². The van der Waals surface area contributed by atoms with Crippen LogP contribution in [-0.4, -0.2) is 29.5 Å². The van der Waals surface area contributed by atoms with Crippen LogP contribution >= 0.6 is 15.9 Å². The van der Waals surface area contributed by atoms with Gasteiger partial charge in [0.25, 0.3) is 5.56 Å². The molecule has 1 heterocycles. The molecule has 1 N–H and O–H groups in total. The first-order valence-electron chi connectivity index (χ1n) is 6.79. The minimum absolute atomic E-state index is 0.0540. The molecule has 0 saturated heterocycles. The highest BCUT2D eigenvalue weighted by molar-refractivity contribution is 9.10. The Bertz CT molecular complexity index is 471. The van der Waals surface area contributed by atoms with Gasteiger partial charge in [-0.1, -0.05) is 0 Å². The molecule has 1 aromatic rings. The van der Waals surface area contributed by atoms with Crippen molar-refractivity contribution in [1.82, 2.24) is 9.78 Å². The Balaban J connectivity index is 1.90. The first-order chi connectivity index (χ1) is 9.22. The van der Waals surface area contributed by atoms with E-state index < -0.39 is 0 Å². The Morgan fingerprint density at radius 1 is 1.58 bits per heavy atom. The third-order valence-corrected chi connectivity index (χ3v) is 3.86. The molecule has 1 aliphatic rings. The summed E-state index contributed by atoms with van der Waals surface area (Å²) in [6.07, 6.45) is 5.05. The highest BCUT2D eigenvalue weighted by Crippen LogP contribution is 2.30. The van der Waals surface area contributed by atoms with Crippen LogP contribution in [0.15, 0.2) is 15.5 Å². The number of nitrogens with zero attached hydrogens (tertiary/aromatic N) is 2. The molecule has 0 spiro atoms. The van der Waals surface area contributed by atoms with Crippen molar-refractivity contribution in [3.8, 4) is 0 Å². The fraction of sp³-hybridized carbons (Fsp3) is 0.692. The van der Waals surface area contributed by atoms with Crippen LogP contribution in [0.3, 0.4) is 0 Å². The predicted octanol–water partition coefficient (Wildman–Crippen LogP) is 2.25. The van der Waals surface area contributed by atoms with Crippen molar-refractivity contribution in [2.75, 3.05) is 25.1 Å². The van der Waals surface area contributed by atoms with Crippen LogP contribution in [0.4, 0.5) is 5.69 Å². The van der Waals surface area contributed by atoms with Gasteiger partial charge in [0.1, 0.15) is 4.47 Å². The maximum absolute atomic E-state index is 12.1. The Hall–Kier alpha value is -0.880. The van der Waals surface area contributed by atoms with E-state index in [1.807, 2.05) is 6.92 Å². The van der Waals surface area contributed by atoms with Crippen LogP contribution in [0.5, 0.6) is 0 Å². The molecule has 19 heavy (non-hydrogen) atoms. The van der Waals surface area contributed by atoms with Gasteiger partial charge in [-0.25, -0.2) is 4.68 Å². The molecule has 106 valence electrons. The minimum Gasteiger partial charge on any atom is -0.383 e. The van der Waals surface area contributed by atoms with Crippen LogP contribution < -0.4 is 10.9 Å². The highest BCUT2D eigenvalue weighted by atomic mass is 79.9. The second-order valence-corrected chi connectivity index (χ2v) is 5.57. The lowest BCUT2D eigenvalue weighted by Gasteiger charge is -2.10. The maximum Gasteiger partial charge on any atom is 0.283 e. The number of rotatable bonds is 8. The van der Waals surface area contributed by atoms with Gasteiger partial charge in [-0.05, 0) is 48.0 Å². The van der Waals surface area contributed by atoms with E-state index in [0.29, 0.717) is 10.4 Å². The molecule has 2 rings (SSSR count). The van der Waals surface area contributed by atoms with E-state index in [2.05, 4.69) is 26.3 Å². The van der Waals surface area contributed by atoms with Crippen molar-refractivity contribution in [3.63, 3.8) is 0 Å². The van der Waals surface area contributed by atoms with E-state index in [0.717, 1.165) is 38.4 Å². The SMILES string of the molecule is CCOCCCNc1cnn(CC2CC2)c(=O)c1Br. The van der Waals surface area contributed by atoms with Crippen LogP contribution in [0, 0.1) is 5.92 Å². The smallest absolute Gasteiger partial charge is 0.283 e. The van der Waals surface area contributed by atoms with E-state index in [9.17, 15) is 4.79 Å². The lowest BCUT2D eigenvalue weighted by atomic mass is 10.4. The van der Waals surface area contributed by atoms with E-state index in [4.69, 9.17) is 4.74 Å². The quantitative estimate of drug-likeness (QED) is 0.743. The largest absolute Gasteiger partial charge is 0.383 e. The van der Waals surface area contributed by atoms with E-state index in [1.54, 1.807) is 10.9 Å². The van der Waals surface area contributed by atoms with Crippen LogP contribution in [-0.2, 0) is 11.3 Å².